The highest BCUT2D eigenvalue weighted by Crippen LogP contribution is 2.06. The van der Waals surface area contributed by atoms with E-state index in [1.54, 1.807) is 18.2 Å². The van der Waals surface area contributed by atoms with Crippen molar-refractivity contribution in [3.63, 3.8) is 0 Å². The van der Waals surface area contributed by atoms with Gasteiger partial charge in [0.2, 0.25) is 0 Å². The van der Waals surface area contributed by atoms with Gasteiger partial charge in [-0.15, -0.1) is 0 Å². The van der Waals surface area contributed by atoms with Gasteiger partial charge in [0, 0.05) is 18.6 Å². The number of nitrogens with two attached hydrogens (primary N) is 1. The maximum atomic E-state index is 11.8. The molecule has 0 radical (unpaired) electrons. The van der Waals surface area contributed by atoms with E-state index < -0.39 is 11.6 Å². The summed E-state index contributed by atoms with van der Waals surface area (Å²) in [6, 6.07) is 4.24. The molecule has 0 spiro atoms. The van der Waals surface area contributed by atoms with E-state index in [1.165, 1.54) is 18.6 Å². The molecule has 0 unspecified atom stereocenters. The van der Waals surface area contributed by atoms with E-state index >= 15 is 0 Å². The van der Waals surface area contributed by atoms with E-state index in [0.717, 1.165) is 4.57 Å². The van der Waals surface area contributed by atoms with E-state index in [0.29, 0.717) is 5.69 Å². The minimum absolute atomic E-state index is 0.0990. The number of hydrogen-bond donors (Lipinski definition) is 1. The first-order valence-corrected chi connectivity index (χ1v) is 4.49. The first kappa shape index (κ1) is 10.0. The van der Waals surface area contributed by atoms with Gasteiger partial charge in [-0.2, -0.15) is 0 Å². The molecule has 0 saturated heterocycles. The molecule has 0 aliphatic rings. The highest BCUT2D eigenvalue weighted by Gasteiger charge is 2.10. The molecule has 0 aliphatic heterocycles. The Balaban J connectivity index is 2.64. The lowest BCUT2D eigenvalue weighted by atomic mass is 10.3. The maximum absolute atomic E-state index is 11.8. The highest BCUT2D eigenvalue weighted by molar-refractivity contribution is 5.75. The summed E-state index contributed by atoms with van der Waals surface area (Å²) in [7, 11) is 0. The number of aromatic nitrogens is 3. The molecule has 1 amide bonds. The van der Waals surface area contributed by atoms with Gasteiger partial charge >= 0.3 is 6.03 Å². The Labute approximate surface area is 90.4 Å². The van der Waals surface area contributed by atoms with Crippen LogP contribution in [0.2, 0.25) is 0 Å². The summed E-state index contributed by atoms with van der Waals surface area (Å²) in [6.07, 6.45) is 4.09. The SMILES string of the molecule is NC(=O)n1ccnc(-c2ccccn2)c1=O. The summed E-state index contributed by atoms with van der Waals surface area (Å²) in [4.78, 5) is 30.6. The molecule has 80 valence electrons. The van der Waals surface area contributed by atoms with Crippen LogP contribution in [0, 0.1) is 0 Å². The summed E-state index contributed by atoms with van der Waals surface area (Å²) in [5.41, 5.74) is 4.97. The van der Waals surface area contributed by atoms with Crippen LogP contribution in [0.5, 0.6) is 0 Å². The zero-order valence-electron chi connectivity index (χ0n) is 8.20. The smallest absolute Gasteiger partial charge is 0.326 e. The van der Waals surface area contributed by atoms with Gasteiger partial charge in [0.25, 0.3) is 5.56 Å². The number of amides is 1. The van der Waals surface area contributed by atoms with Crippen LogP contribution in [0.1, 0.15) is 0 Å². The van der Waals surface area contributed by atoms with Gasteiger partial charge in [-0.05, 0) is 12.1 Å². The van der Waals surface area contributed by atoms with Gasteiger partial charge in [0.15, 0.2) is 5.69 Å². The van der Waals surface area contributed by atoms with Crippen LogP contribution in [0.3, 0.4) is 0 Å². The average Bonchev–Trinajstić information content (AvgIpc) is 2.30. The van der Waals surface area contributed by atoms with Gasteiger partial charge in [-0.25, -0.2) is 14.3 Å². The molecular formula is C10H8N4O2. The van der Waals surface area contributed by atoms with Crippen molar-refractivity contribution in [1.29, 1.82) is 0 Å². The lowest BCUT2D eigenvalue weighted by molar-refractivity contribution is 0.249. The molecule has 2 aromatic rings. The molecule has 2 rings (SSSR count). The topological polar surface area (TPSA) is 90.9 Å². The van der Waals surface area contributed by atoms with Crippen LogP contribution in [-0.4, -0.2) is 20.6 Å². The predicted molar refractivity (Wildman–Crippen MR) is 56.7 cm³/mol. The van der Waals surface area contributed by atoms with E-state index in [4.69, 9.17) is 5.73 Å². The number of pyridine rings is 1. The summed E-state index contributed by atoms with van der Waals surface area (Å²) >= 11 is 0. The fourth-order valence-electron chi connectivity index (χ4n) is 1.26. The van der Waals surface area contributed by atoms with Crippen molar-refractivity contribution in [2.24, 2.45) is 5.73 Å². The van der Waals surface area contributed by atoms with Crippen molar-refractivity contribution in [1.82, 2.24) is 14.5 Å². The van der Waals surface area contributed by atoms with Crippen LogP contribution in [-0.2, 0) is 0 Å². The second kappa shape index (κ2) is 3.93. The largest absolute Gasteiger partial charge is 0.351 e. The Hall–Kier alpha value is -2.50. The van der Waals surface area contributed by atoms with Gasteiger partial charge in [0.05, 0.1) is 5.69 Å². The lowest BCUT2D eigenvalue weighted by Crippen LogP contribution is -2.32. The second-order valence-corrected chi connectivity index (χ2v) is 3.00. The van der Waals surface area contributed by atoms with Crippen LogP contribution >= 0.6 is 0 Å². The van der Waals surface area contributed by atoms with Gasteiger partial charge in [-0.3, -0.25) is 9.78 Å². The highest BCUT2D eigenvalue weighted by atomic mass is 16.2. The second-order valence-electron chi connectivity index (χ2n) is 3.00. The zero-order chi connectivity index (χ0) is 11.5. The third kappa shape index (κ3) is 1.68. The third-order valence-electron chi connectivity index (χ3n) is 1.99. The molecule has 0 aromatic carbocycles. The average molecular weight is 216 g/mol. The molecule has 2 heterocycles. The normalized spacial score (nSPS) is 10.0. The molecule has 2 N–H and O–H groups in total. The van der Waals surface area contributed by atoms with Crippen molar-refractivity contribution < 1.29 is 4.79 Å². The molecule has 16 heavy (non-hydrogen) atoms. The lowest BCUT2D eigenvalue weighted by Gasteiger charge is -2.02. The van der Waals surface area contributed by atoms with Crippen LogP contribution in [0.15, 0.2) is 41.6 Å². The summed E-state index contributed by atoms with van der Waals surface area (Å²) in [5.74, 6) is 0. The molecule has 0 saturated carbocycles. The van der Waals surface area contributed by atoms with Gasteiger partial charge in [0.1, 0.15) is 0 Å². The van der Waals surface area contributed by atoms with E-state index in [-0.39, 0.29) is 5.69 Å². The summed E-state index contributed by atoms with van der Waals surface area (Å²) in [6.45, 7) is 0. The number of carbonyl (C=O) groups excluding carboxylic acids is 1. The Bertz CT molecular complexity index is 577. The van der Waals surface area contributed by atoms with Crippen molar-refractivity contribution in [2.45, 2.75) is 0 Å². The van der Waals surface area contributed by atoms with E-state index in [1.807, 2.05) is 0 Å². The molecule has 0 bridgehead atoms. The third-order valence-corrected chi connectivity index (χ3v) is 1.99. The van der Waals surface area contributed by atoms with Gasteiger partial charge in [-0.1, -0.05) is 6.07 Å². The van der Waals surface area contributed by atoms with Crippen LogP contribution in [0.25, 0.3) is 11.4 Å². The Kier molecular flexibility index (Phi) is 2.47. The molecule has 0 atom stereocenters. The molecular weight excluding hydrogens is 208 g/mol. The summed E-state index contributed by atoms with van der Waals surface area (Å²) < 4.78 is 0.789. The Morgan fingerprint density at radius 2 is 2.06 bits per heavy atom. The molecule has 6 nitrogen and oxygen atoms in total. The predicted octanol–water partition coefficient (Wildman–Crippen LogP) is 0.232. The molecule has 0 aliphatic carbocycles. The quantitative estimate of drug-likeness (QED) is 0.738. The molecule has 0 fully saturated rings. The van der Waals surface area contributed by atoms with Crippen molar-refractivity contribution >= 4 is 6.03 Å². The number of primary amides is 1. The van der Waals surface area contributed by atoms with E-state index in [9.17, 15) is 9.59 Å². The zero-order valence-corrected chi connectivity index (χ0v) is 8.20. The van der Waals surface area contributed by atoms with Gasteiger partial charge < -0.3 is 5.73 Å². The fraction of sp³-hybridized carbons (Fsp3) is 0. The van der Waals surface area contributed by atoms with Crippen molar-refractivity contribution in [3.05, 3.63) is 47.1 Å². The monoisotopic (exact) mass is 216 g/mol. The first-order valence-electron chi connectivity index (χ1n) is 4.49. The number of carbonyl (C=O) groups is 1. The molecule has 2 aromatic heterocycles. The molecule has 6 heteroatoms. The number of rotatable bonds is 1. The minimum atomic E-state index is -0.843. The number of nitrogens with zero attached hydrogens (tertiary/aromatic N) is 3. The van der Waals surface area contributed by atoms with Crippen LogP contribution in [0.4, 0.5) is 4.79 Å². The van der Waals surface area contributed by atoms with Crippen LogP contribution < -0.4 is 11.3 Å². The van der Waals surface area contributed by atoms with E-state index in [2.05, 4.69) is 9.97 Å². The van der Waals surface area contributed by atoms with Crippen molar-refractivity contribution in [3.8, 4) is 11.4 Å². The van der Waals surface area contributed by atoms with Crippen molar-refractivity contribution in [2.75, 3.05) is 0 Å². The Morgan fingerprint density at radius 1 is 1.25 bits per heavy atom. The first-order chi connectivity index (χ1) is 7.70. The standard InChI is InChI=1S/C10H8N4O2/c11-10(16)14-6-5-13-8(9(14)15)7-3-1-2-4-12-7/h1-6H,(H2,11,16). The summed E-state index contributed by atoms with van der Waals surface area (Å²) in [5, 5.41) is 0. The number of hydrogen-bond acceptors (Lipinski definition) is 4. The minimum Gasteiger partial charge on any atom is -0.351 e. The Morgan fingerprint density at radius 3 is 2.69 bits per heavy atom. The maximum Gasteiger partial charge on any atom is 0.326 e. The fourth-order valence-corrected chi connectivity index (χ4v) is 1.26.